The largest absolute Gasteiger partial charge is 0.288 e. The lowest BCUT2D eigenvalue weighted by Gasteiger charge is -2.20. The van der Waals surface area contributed by atoms with Crippen molar-refractivity contribution in [2.24, 2.45) is 0 Å². The molecule has 186 valence electrons. The third-order valence-corrected chi connectivity index (χ3v) is 5.80. The summed E-state index contributed by atoms with van der Waals surface area (Å²) in [6.07, 6.45) is 0.00837. The average molecular weight is 541 g/mol. The second-order valence-corrected chi connectivity index (χ2v) is 10.7. The Hall–Kier alpha value is -2.72. The Morgan fingerprint density at radius 2 is 1.65 bits per heavy atom. The van der Waals surface area contributed by atoms with Gasteiger partial charge in [-0.2, -0.15) is 16.8 Å². The first-order chi connectivity index (χ1) is 15.6. The van der Waals surface area contributed by atoms with Crippen molar-refractivity contribution in [3.05, 3.63) is 67.0 Å². The molecule has 0 aliphatic rings. The van der Waals surface area contributed by atoms with Gasteiger partial charge in [0.05, 0.1) is 29.0 Å². The van der Waals surface area contributed by atoms with Gasteiger partial charge in [0, 0.05) is 29.8 Å². The molecular formula is C18H18ClFN2O10S2. The van der Waals surface area contributed by atoms with Crippen LogP contribution < -0.4 is 0 Å². The van der Waals surface area contributed by atoms with E-state index in [1.165, 1.54) is 0 Å². The minimum Gasteiger partial charge on any atom is -0.270 e. The Labute approximate surface area is 198 Å². The van der Waals surface area contributed by atoms with Crippen molar-refractivity contribution in [1.29, 1.82) is 0 Å². The van der Waals surface area contributed by atoms with Gasteiger partial charge in [-0.1, -0.05) is 11.6 Å². The molecule has 0 radical (unpaired) electrons. The zero-order valence-electron chi connectivity index (χ0n) is 17.6. The number of hydrogen-bond acceptors (Lipinski definition) is 10. The van der Waals surface area contributed by atoms with Crippen LogP contribution in [0.5, 0.6) is 0 Å². The predicted molar refractivity (Wildman–Crippen MR) is 119 cm³/mol. The highest BCUT2D eigenvalue weighted by Gasteiger charge is 2.27. The molecule has 0 aliphatic heterocycles. The van der Waals surface area contributed by atoms with Crippen LogP contribution in [0.2, 0.25) is 5.02 Å². The van der Waals surface area contributed by atoms with Crippen LogP contribution in [-0.2, 0) is 28.6 Å². The maximum atomic E-state index is 14.8. The molecule has 16 heteroatoms. The lowest BCUT2D eigenvalue weighted by molar-refractivity contribution is -0.385. The Morgan fingerprint density at radius 3 is 2.18 bits per heavy atom. The van der Waals surface area contributed by atoms with E-state index in [1.54, 1.807) is 0 Å². The molecule has 1 atom stereocenters. The molecule has 0 spiro atoms. The first-order valence-corrected chi connectivity index (χ1v) is 13.2. The molecule has 34 heavy (non-hydrogen) atoms. The van der Waals surface area contributed by atoms with E-state index in [9.17, 15) is 41.5 Å². The van der Waals surface area contributed by atoms with Gasteiger partial charge < -0.3 is 0 Å². The van der Waals surface area contributed by atoms with E-state index in [2.05, 4.69) is 4.18 Å². The lowest BCUT2D eigenvalue weighted by Crippen LogP contribution is -2.14. The van der Waals surface area contributed by atoms with Gasteiger partial charge >= 0.3 is 0 Å². The zero-order valence-corrected chi connectivity index (χ0v) is 20.0. The van der Waals surface area contributed by atoms with E-state index in [1.807, 2.05) is 0 Å². The number of benzene rings is 2. The fraction of sp³-hybridized carbons (Fsp3) is 0.333. The first kappa shape index (κ1) is 27.5. The predicted octanol–water partition coefficient (Wildman–Crippen LogP) is 3.74. The van der Waals surface area contributed by atoms with Gasteiger partial charge in [0.1, 0.15) is 16.9 Å². The highest BCUT2D eigenvalue weighted by molar-refractivity contribution is 7.86. The zero-order chi connectivity index (χ0) is 25.8. The number of nitro benzene ring substituents is 2. The summed E-state index contributed by atoms with van der Waals surface area (Å²) in [7, 11) is -7.89. The van der Waals surface area contributed by atoms with E-state index in [-0.39, 0.29) is 30.6 Å². The summed E-state index contributed by atoms with van der Waals surface area (Å²) < 4.78 is 70.5. The van der Waals surface area contributed by atoms with E-state index in [0.717, 1.165) is 36.8 Å². The highest BCUT2D eigenvalue weighted by Crippen LogP contribution is 2.40. The molecule has 0 aliphatic carbocycles. The van der Waals surface area contributed by atoms with Gasteiger partial charge in [-0.3, -0.25) is 28.6 Å². The molecule has 0 heterocycles. The monoisotopic (exact) mass is 540 g/mol. The van der Waals surface area contributed by atoms with E-state index in [0.29, 0.717) is 6.07 Å². The van der Waals surface area contributed by atoms with Crippen LogP contribution >= 0.6 is 11.6 Å². The third kappa shape index (κ3) is 7.66. The number of nitro groups is 2. The Kier molecular flexibility index (Phi) is 8.65. The van der Waals surface area contributed by atoms with Crippen LogP contribution in [0.25, 0.3) is 11.1 Å². The molecule has 0 bridgehead atoms. The molecule has 0 saturated heterocycles. The number of non-ortho nitro benzene ring substituents is 1. The molecule has 12 nitrogen and oxygen atoms in total. The minimum atomic E-state index is -4.12. The van der Waals surface area contributed by atoms with Crippen molar-refractivity contribution in [3.8, 4) is 11.1 Å². The van der Waals surface area contributed by atoms with Crippen LogP contribution in [0.1, 0.15) is 24.5 Å². The second-order valence-electron chi connectivity index (χ2n) is 7.03. The Morgan fingerprint density at radius 1 is 1.00 bits per heavy atom. The van der Waals surface area contributed by atoms with Crippen molar-refractivity contribution in [3.63, 3.8) is 0 Å². The van der Waals surface area contributed by atoms with E-state index < -0.39 is 64.0 Å². The molecule has 2 aromatic rings. The smallest absolute Gasteiger partial charge is 0.270 e. The first-order valence-electron chi connectivity index (χ1n) is 9.24. The average Bonchev–Trinajstić information content (AvgIpc) is 2.68. The van der Waals surface area contributed by atoms with E-state index >= 15 is 0 Å². The normalized spacial score (nSPS) is 12.9. The summed E-state index contributed by atoms with van der Waals surface area (Å²) >= 11 is 5.72. The summed E-state index contributed by atoms with van der Waals surface area (Å²) in [4.78, 5) is 20.9. The summed E-state index contributed by atoms with van der Waals surface area (Å²) in [6.45, 7) is -0.328. The minimum absolute atomic E-state index is 0.0348. The van der Waals surface area contributed by atoms with Crippen molar-refractivity contribution < 1.29 is 39.4 Å². The molecule has 2 rings (SSSR count). The number of nitrogens with zero attached hydrogens (tertiary/aromatic N) is 2. The van der Waals surface area contributed by atoms with Crippen molar-refractivity contribution in [2.75, 3.05) is 19.1 Å². The topological polar surface area (TPSA) is 173 Å². The molecule has 2 aromatic carbocycles. The molecule has 0 fully saturated rings. The van der Waals surface area contributed by atoms with Crippen LogP contribution in [0.4, 0.5) is 15.8 Å². The summed E-state index contributed by atoms with van der Waals surface area (Å²) in [6, 6.07) is 4.48. The summed E-state index contributed by atoms with van der Waals surface area (Å²) in [5.74, 6) is -1.06. The van der Waals surface area contributed by atoms with Crippen LogP contribution in [-0.4, -0.2) is 45.8 Å². The van der Waals surface area contributed by atoms with Gasteiger partial charge in [0.25, 0.3) is 31.6 Å². The maximum Gasteiger partial charge on any atom is 0.288 e. The number of rotatable bonds is 11. The van der Waals surface area contributed by atoms with E-state index in [4.69, 9.17) is 15.8 Å². The van der Waals surface area contributed by atoms with Crippen molar-refractivity contribution in [2.45, 2.75) is 18.9 Å². The second kappa shape index (κ2) is 10.7. The highest BCUT2D eigenvalue weighted by atomic mass is 35.5. The van der Waals surface area contributed by atoms with Gasteiger partial charge in [-0.15, -0.1) is 0 Å². The van der Waals surface area contributed by atoms with Crippen molar-refractivity contribution in [1.82, 2.24) is 0 Å². The molecule has 0 amide bonds. The standard InChI is InChI=1S/C18H18ClFN2O10S2/c1-33(27,28)31-7-3-4-18(32-34(2,29)30)12-6-5-11(21(23)24)8-13(12)14-9-17(22(25)26)15(19)10-16(14)20/h5-6,8-10,18H,3-4,7H2,1-2H3. The molecule has 0 saturated carbocycles. The van der Waals surface area contributed by atoms with Crippen LogP contribution in [0.15, 0.2) is 30.3 Å². The molecule has 1 unspecified atom stereocenters. The van der Waals surface area contributed by atoms with Crippen LogP contribution in [0, 0.1) is 26.0 Å². The lowest BCUT2D eigenvalue weighted by atomic mass is 9.93. The molecule has 0 N–H and O–H groups in total. The SMILES string of the molecule is CS(=O)(=O)OCCCC(OS(C)(=O)=O)c1ccc([N+](=O)[O-])cc1-c1cc([N+](=O)[O-])c(Cl)cc1F. The fourth-order valence-corrected chi connectivity index (χ4v) is 4.26. The van der Waals surface area contributed by atoms with Gasteiger partial charge in [-0.05, 0) is 30.0 Å². The Bertz CT molecular complexity index is 1330. The van der Waals surface area contributed by atoms with Gasteiger partial charge in [0.15, 0.2) is 0 Å². The summed E-state index contributed by atoms with van der Waals surface area (Å²) in [5, 5.41) is 22.1. The van der Waals surface area contributed by atoms with Crippen LogP contribution in [0.3, 0.4) is 0 Å². The third-order valence-electron chi connectivity index (χ3n) is 4.32. The van der Waals surface area contributed by atoms with Gasteiger partial charge in [-0.25, -0.2) is 4.39 Å². The quantitative estimate of drug-likeness (QED) is 0.177. The molecular weight excluding hydrogens is 523 g/mol. The molecule has 0 aromatic heterocycles. The number of halogens is 2. The van der Waals surface area contributed by atoms with Gasteiger partial charge in [0.2, 0.25) is 0 Å². The fourth-order valence-electron chi connectivity index (χ4n) is 3.00. The Balaban J connectivity index is 2.67. The van der Waals surface area contributed by atoms with Crippen molar-refractivity contribution >= 4 is 43.2 Å². The number of hydrogen-bond donors (Lipinski definition) is 0. The summed E-state index contributed by atoms with van der Waals surface area (Å²) in [5.41, 5.74) is -1.94. The maximum absolute atomic E-state index is 14.8.